The maximum absolute atomic E-state index is 12.3. The van der Waals surface area contributed by atoms with E-state index in [4.69, 9.17) is 5.73 Å². The van der Waals surface area contributed by atoms with Crippen LogP contribution >= 0.6 is 12.4 Å². The number of rotatable bonds is 3. The van der Waals surface area contributed by atoms with Crippen LogP contribution < -0.4 is 5.73 Å². The maximum atomic E-state index is 12.3. The molecule has 19 heavy (non-hydrogen) atoms. The van der Waals surface area contributed by atoms with Crippen molar-refractivity contribution in [2.75, 3.05) is 6.67 Å². The molecule has 0 saturated heterocycles. The van der Waals surface area contributed by atoms with Crippen molar-refractivity contribution in [3.63, 3.8) is 0 Å². The SMILES string of the molecule is Cl.N[C@H](CCF)c1ccc2c(c1)Cc1ccccc1-2. The summed E-state index contributed by atoms with van der Waals surface area (Å²) in [6, 6.07) is 14.5. The summed E-state index contributed by atoms with van der Waals surface area (Å²) in [5.41, 5.74) is 12.3. The fourth-order valence-electron chi connectivity index (χ4n) is 2.68. The van der Waals surface area contributed by atoms with Gasteiger partial charge in [0, 0.05) is 6.04 Å². The largest absolute Gasteiger partial charge is 0.324 e. The molecule has 100 valence electrons. The van der Waals surface area contributed by atoms with Crippen LogP contribution in [0.4, 0.5) is 4.39 Å². The van der Waals surface area contributed by atoms with Crippen LogP contribution in [0.5, 0.6) is 0 Å². The Kier molecular flexibility index (Phi) is 4.23. The van der Waals surface area contributed by atoms with Crippen molar-refractivity contribution in [1.82, 2.24) is 0 Å². The monoisotopic (exact) mass is 277 g/mol. The van der Waals surface area contributed by atoms with Gasteiger partial charge in [-0.15, -0.1) is 12.4 Å². The second-order valence-electron chi connectivity index (χ2n) is 4.83. The Balaban J connectivity index is 0.00000133. The van der Waals surface area contributed by atoms with Crippen molar-refractivity contribution in [2.24, 2.45) is 5.73 Å². The number of benzene rings is 2. The van der Waals surface area contributed by atoms with Crippen LogP contribution in [0.25, 0.3) is 11.1 Å². The molecule has 0 heterocycles. The molecule has 0 aromatic heterocycles. The molecule has 3 heteroatoms. The third-order valence-electron chi connectivity index (χ3n) is 3.67. The molecule has 2 aromatic rings. The molecular formula is C16H17ClFN. The molecular weight excluding hydrogens is 261 g/mol. The first-order chi connectivity index (χ1) is 8.79. The van der Waals surface area contributed by atoms with Crippen LogP contribution in [0.1, 0.15) is 29.2 Å². The van der Waals surface area contributed by atoms with Crippen LogP contribution in [-0.4, -0.2) is 6.67 Å². The quantitative estimate of drug-likeness (QED) is 0.768. The Morgan fingerprint density at radius 1 is 1.05 bits per heavy atom. The van der Waals surface area contributed by atoms with Crippen LogP contribution in [0, 0.1) is 0 Å². The second-order valence-corrected chi connectivity index (χ2v) is 4.83. The van der Waals surface area contributed by atoms with E-state index < -0.39 is 0 Å². The van der Waals surface area contributed by atoms with Crippen molar-refractivity contribution in [2.45, 2.75) is 18.9 Å². The molecule has 1 atom stereocenters. The first kappa shape index (κ1) is 14.0. The summed E-state index contributed by atoms with van der Waals surface area (Å²) < 4.78 is 12.3. The highest BCUT2D eigenvalue weighted by molar-refractivity contribution is 5.85. The normalized spacial score (nSPS) is 13.4. The van der Waals surface area contributed by atoms with E-state index in [1.807, 2.05) is 6.07 Å². The molecule has 0 radical (unpaired) electrons. The lowest BCUT2D eigenvalue weighted by atomic mass is 9.99. The summed E-state index contributed by atoms with van der Waals surface area (Å²) in [5.74, 6) is 0. The Hall–Kier alpha value is -1.38. The van der Waals surface area contributed by atoms with Crippen molar-refractivity contribution >= 4 is 12.4 Å². The zero-order valence-electron chi connectivity index (χ0n) is 10.6. The van der Waals surface area contributed by atoms with Crippen LogP contribution in [0.15, 0.2) is 42.5 Å². The third-order valence-corrected chi connectivity index (χ3v) is 3.67. The lowest BCUT2D eigenvalue weighted by Crippen LogP contribution is -2.11. The average Bonchev–Trinajstić information content (AvgIpc) is 2.76. The van der Waals surface area contributed by atoms with Gasteiger partial charge in [-0.2, -0.15) is 0 Å². The number of hydrogen-bond donors (Lipinski definition) is 1. The van der Waals surface area contributed by atoms with Gasteiger partial charge in [0.25, 0.3) is 0 Å². The molecule has 0 fully saturated rings. The van der Waals surface area contributed by atoms with Gasteiger partial charge in [0.05, 0.1) is 6.67 Å². The third kappa shape index (κ3) is 2.51. The Labute approximate surface area is 119 Å². The summed E-state index contributed by atoms with van der Waals surface area (Å²) in [6.07, 6.45) is 1.35. The molecule has 0 bridgehead atoms. The van der Waals surface area contributed by atoms with Gasteiger partial charge in [-0.05, 0) is 40.7 Å². The molecule has 1 nitrogen and oxygen atoms in total. The highest BCUT2D eigenvalue weighted by Gasteiger charge is 2.18. The molecule has 0 amide bonds. The molecule has 2 aromatic carbocycles. The zero-order valence-corrected chi connectivity index (χ0v) is 11.4. The Morgan fingerprint density at radius 2 is 1.79 bits per heavy atom. The summed E-state index contributed by atoms with van der Waals surface area (Å²) in [6.45, 7) is -0.363. The lowest BCUT2D eigenvalue weighted by molar-refractivity contribution is 0.442. The van der Waals surface area contributed by atoms with Gasteiger partial charge in [0.15, 0.2) is 0 Å². The molecule has 0 spiro atoms. The van der Waals surface area contributed by atoms with E-state index in [2.05, 4.69) is 36.4 Å². The van der Waals surface area contributed by atoms with Crippen molar-refractivity contribution in [3.05, 3.63) is 59.2 Å². The summed E-state index contributed by atoms with van der Waals surface area (Å²) >= 11 is 0. The van der Waals surface area contributed by atoms with Crippen molar-refractivity contribution in [3.8, 4) is 11.1 Å². The molecule has 1 aliphatic rings. The van der Waals surface area contributed by atoms with Gasteiger partial charge in [0.1, 0.15) is 0 Å². The predicted molar refractivity (Wildman–Crippen MR) is 79.5 cm³/mol. The summed E-state index contributed by atoms with van der Waals surface area (Å²) in [4.78, 5) is 0. The van der Waals surface area contributed by atoms with Gasteiger partial charge in [-0.25, -0.2) is 0 Å². The molecule has 1 aliphatic carbocycles. The van der Waals surface area contributed by atoms with Crippen LogP contribution in [0.2, 0.25) is 0 Å². The van der Waals surface area contributed by atoms with Crippen molar-refractivity contribution in [1.29, 1.82) is 0 Å². The Morgan fingerprint density at radius 3 is 2.58 bits per heavy atom. The van der Waals surface area contributed by atoms with Gasteiger partial charge < -0.3 is 5.73 Å². The highest BCUT2D eigenvalue weighted by atomic mass is 35.5. The minimum atomic E-state index is -0.363. The predicted octanol–water partition coefficient (Wildman–Crippen LogP) is 4.04. The van der Waals surface area contributed by atoms with Gasteiger partial charge in [-0.1, -0.05) is 42.5 Å². The van der Waals surface area contributed by atoms with E-state index >= 15 is 0 Å². The number of fused-ring (bicyclic) bond motifs is 3. The first-order valence-corrected chi connectivity index (χ1v) is 6.32. The van der Waals surface area contributed by atoms with E-state index in [1.165, 1.54) is 22.3 Å². The van der Waals surface area contributed by atoms with Crippen molar-refractivity contribution < 1.29 is 4.39 Å². The molecule has 0 aliphatic heterocycles. The second kappa shape index (κ2) is 5.72. The van der Waals surface area contributed by atoms with E-state index in [9.17, 15) is 4.39 Å². The van der Waals surface area contributed by atoms with Crippen LogP contribution in [0.3, 0.4) is 0 Å². The van der Waals surface area contributed by atoms with E-state index in [0.29, 0.717) is 6.42 Å². The number of nitrogens with two attached hydrogens (primary N) is 1. The number of halogens is 2. The Bertz CT molecular complexity index is 583. The molecule has 2 N–H and O–H groups in total. The van der Waals surface area contributed by atoms with Crippen LogP contribution in [-0.2, 0) is 6.42 Å². The highest BCUT2D eigenvalue weighted by Crippen LogP contribution is 2.37. The number of alkyl halides is 1. The smallest absolute Gasteiger partial charge is 0.0912 e. The minimum Gasteiger partial charge on any atom is -0.324 e. The van der Waals surface area contributed by atoms with E-state index in [-0.39, 0.29) is 25.1 Å². The number of hydrogen-bond acceptors (Lipinski definition) is 1. The minimum absolute atomic E-state index is 0. The molecule has 0 unspecified atom stereocenters. The van der Waals surface area contributed by atoms with E-state index in [0.717, 1.165) is 12.0 Å². The van der Waals surface area contributed by atoms with E-state index in [1.54, 1.807) is 0 Å². The average molecular weight is 278 g/mol. The lowest BCUT2D eigenvalue weighted by Gasteiger charge is -2.11. The fourth-order valence-corrected chi connectivity index (χ4v) is 2.68. The summed E-state index contributed by atoms with van der Waals surface area (Å²) in [5, 5.41) is 0. The molecule has 3 rings (SSSR count). The molecule has 0 saturated carbocycles. The van der Waals surface area contributed by atoms with Gasteiger partial charge >= 0.3 is 0 Å². The standard InChI is InChI=1S/C16H16FN.ClH/c17-8-7-16(18)12-5-6-15-13(10-12)9-11-3-1-2-4-14(11)15;/h1-6,10,16H,7-9,18H2;1H/t16-;/m1./s1. The first-order valence-electron chi connectivity index (χ1n) is 6.32. The van der Waals surface area contributed by atoms with Gasteiger partial charge in [-0.3, -0.25) is 4.39 Å². The fraction of sp³-hybridized carbons (Fsp3) is 0.250. The van der Waals surface area contributed by atoms with Gasteiger partial charge in [0.2, 0.25) is 0 Å². The maximum Gasteiger partial charge on any atom is 0.0912 e. The zero-order chi connectivity index (χ0) is 12.5. The summed E-state index contributed by atoms with van der Waals surface area (Å²) in [7, 11) is 0. The topological polar surface area (TPSA) is 26.0 Å².